The molecule has 21 heavy (non-hydrogen) atoms. The van der Waals surface area contributed by atoms with Gasteiger partial charge >= 0.3 is 17.9 Å². The van der Waals surface area contributed by atoms with Crippen molar-refractivity contribution < 1.29 is 38.1 Å². The Bertz CT molecular complexity index is 470. The van der Waals surface area contributed by atoms with Crippen molar-refractivity contribution in [3.63, 3.8) is 0 Å². The van der Waals surface area contributed by atoms with Gasteiger partial charge in [0.05, 0.1) is 0 Å². The summed E-state index contributed by atoms with van der Waals surface area (Å²) in [6, 6.07) is 0. The third-order valence-corrected chi connectivity index (χ3v) is 2.52. The Morgan fingerprint density at radius 1 is 1.05 bits per heavy atom. The molecule has 0 aromatic heterocycles. The summed E-state index contributed by atoms with van der Waals surface area (Å²) in [7, 11) is 0. The van der Waals surface area contributed by atoms with Gasteiger partial charge in [-0.2, -0.15) is 4.99 Å². The van der Waals surface area contributed by atoms with Gasteiger partial charge in [-0.1, -0.05) is 0 Å². The molecule has 0 aliphatic carbocycles. The van der Waals surface area contributed by atoms with Crippen LogP contribution < -0.4 is 0 Å². The average Bonchev–Trinajstić information content (AvgIpc) is 2.65. The molecular weight excluding hydrogens is 286 g/mol. The van der Waals surface area contributed by atoms with Gasteiger partial charge in [-0.25, -0.2) is 4.79 Å². The van der Waals surface area contributed by atoms with E-state index in [1.807, 2.05) is 0 Å². The van der Waals surface area contributed by atoms with Gasteiger partial charge in [0.15, 0.2) is 12.2 Å². The Labute approximate surface area is 120 Å². The number of aliphatic imine (C=N–C) groups is 1. The second-order valence-corrected chi connectivity index (χ2v) is 4.24. The SMILES string of the molecule is CC(=O)OC[C@H]1O[C@@H](N=C=O)C(OC(C)=O)C1OC(C)=O. The van der Waals surface area contributed by atoms with Crippen molar-refractivity contribution in [3.05, 3.63) is 0 Å². The Kier molecular flexibility index (Phi) is 6.01. The van der Waals surface area contributed by atoms with Crippen LogP contribution in [0.15, 0.2) is 4.99 Å². The van der Waals surface area contributed by atoms with Gasteiger partial charge in [-0.05, 0) is 0 Å². The monoisotopic (exact) mass is 301 g/mol. The zero-order chi connectivity index (χ0) is 16.0. The van der Waals surface area contributed by atoms with E-state index < -0.39 is 42.4 Å². The molecule has 1 saturated heterocycles. The molecule has 0 N–H and O–H groups in total. The molecule has 0 amide bonds. The lowest BCUT2D eigenvalue weighted by atomic mass is 10.1. The fraction of sp³-hybridized carbons (Fsp3) is 0.667. The first kappa shape index (κ1) is 16.8. The van der Waals surface area contributed by atoms with Crippen molar-refractivity contribution in [2.75, 3.05) is 6.61 Å². The van der Waals surface area contributed by atoms with E-state index in [4.69, 9.17) is 18.9 Å². The van der Waals surface area contributed by atoms with Crippen LogP contribution in [0.1, 0.15) is 20.8 Å². The van der Waals surface area contributed by atoms with Crippen LogP contribution >= 0.6 is 0 Å². The first-order valence-electron chi connectivity index (χ1n) is 6.05. The second kappa shape index (κ2) is 7.51. The second-order valence-electron chi connectivity index (χ2n) is 4.24. The number of ether oxygens (including phenoxy) is 4. The fourth-order valence-electron chi connectivity index (χ4n) is 1.85. The summed E-state index contributed by atoms with van der Waals surface area (Å²) in [5.74, 6) is -1.88. The zero-order valence-electron chi connectivity index (χ0n) is 11.7. The minimum atomic E-state index is -1.18. The van der Waals surface area contributed by atoms with Crippen molar-refractivity contribution in [2.45, 2.75) is 45.3 Å². The Hall–Kier alpha value is -2.25. The molecule has 9 nitrogen and oxygen atoms in total. The van der Waals surface area contributed by atoms with E-state index in [-0.39, 0.29) is 6.61 Å². The smallest absolute Gasteiger partial charge is 0.303 e. The largest absolute Gasteiger partial charge is 0.463 e. The number of carbonyl (C=O) groups is 3. The summed E-state index contributed by atoms with van der Waals surface area (Å²) in [6.07, 6.45) is -2.98. The van der Waals surface area contributed by atoms with E-state index in [0.29, 0.717) is 0 Å². The van der Waals surface area contributed by atoms with Crippen molar-refractivity contribution in [1.82, 2.24) is 0 Å². The highest BCUT2D eigenvalue weighted by atomic mass is 16.7. The number of nitrogens with zero attached hydrogens (tertiary/aromatic N) is 1. The molecule has 4 atom stereocenters. The summed E-state index contributed by atoms with van der Waals surface area (Å²) in [5.41, 5.74) is 0. The highest BCUT2D eigenvalue weighted by Crippen LogP contribution is 2.28. The van der Waals surface area contributed by atoms with Gasteiger partial charge in [0.25, 0.3) is 0 Å². The Morgan fingerprint density at radius 3 is 2.10 bits per heavy atom. The minimum absolute atomic E-state index is 0.240. The number of isocyanates is 1. The quantitative estimate of drug-likeness (QED) is 0.288. The molecule has 0 aromatic carbocycles. The Morgan fingerprint density at radius 2 is 1.62 bits per heavy atom. The molecule has 1 rings (SSSR count). The van der Waals surface area contributed by atoms with E-state index in [0.717, 1.165) is 13.8 Å². The Balaban J connectivity index is 2.95. The number of carbonyl (C=O) groups excluding carboxylic acids is 4. The van der Waals surface area contributed by atoms with Crippen molar-refractivity contribution in [3.8, 4) is 0 Å². The molecule has 1 aliphatic rings. The van der Waals surface area contributed by atoms with Crippen LogP contribution in [0.2, 0.25) is 0 Å². The molecule has 1 heterocycles. The van der Waals surface area contributed by atoms with E-state index in [9.17, 15) is 19.2 Å². The molecule has 0 saturated carbocycles. The van der Waals surface area contributed by atoms with E-state index in [1.54, 1.807) is 0 Å². The van der Waals surface area contributed by atoms with Crippen LogP contribution in [0.25, 0.3) is 0 Å². The first-order valence-corrected chi connectivity index (χ1v) is 6.05. The van der Waals surface area contributed by atoms with E-state index in [1.165, 1.54) is 13.0 Å². The predicted molar refractivity (Wildman–Crippen MR) is 64.5 cm³/mol. The minimum Gasteiger partial charge on any atom is -0.463 e. The van der Waals surface area contributed by atoms with Gasteiger partial charge in [0.1, 0.15) is 12.7 Å². The highest BCUT2D eigenvalue weighted by Gasteiger charge is 2.49. The normalized spacial score (nSPS) is 27.4. The lowest BCUT2D eigenvalue weighted by molar-refractivity contribution is -0.165. The van der Waals surface area contributed by atoms with Crippen molar-refractivity contribution >= 4 is 24.0 Å². The van der Waals surface area contributed by atoms with Crippen LogP contribution in [-0.4, -0.2) is 55.1 Å². The van der Waals surface area contributed by atoms with Crippen molar-refractivity contribution in [2.24, 2.45) is 4.99 Å². The summed E-state index contributed by atoms with van der Waals surface area (Å²) in [6.45, 7) is 3.26. The summed E-state index contributed by atoms with van der Waals surface area (Å²) in [5, 5.41) is 0. The van der Waals surface area contributed by atoms with E-state index >= 15 is 0 Å². The molecule has 9 heteroatoms. The number of esters is 3. The summed E-state index contributed by atoms with van der Waals surface area (Å²) < 4.78 is 20.1. The van der Waals surface area contributed by atoms with E-state index in [2.05, 4.69) is 4.99 Å². The molecule has 0 radical (unpaired) electrons. The van der Waals surface area contributed by atoms with Crippen molar-refractivity contribution in [1.29, 1.82) is 0 Å². The third kappa shape index (κ3) is 4.97. The highest BCUT2D eigenvalue weighted by molar-refractivity contribution is 5.68. The number of hydrogen-bond donors (Lipinski definition) is 0. The van der Waals surface area contributed by atoms with Crippen LogP contribution in [0, 0.1) is 0 Å². The lowest BCUT2D eigenvalue weighted by Gasteiger charge is -2.21. The first-order chi connectivity index (χ1) is 9.85. The maximum absolute atomic E-state index is 11.1. The fourth-order valence-corrected chi connectivity index (χ4v) is 1.85. The molecular formula is C12H15NO8. The third-order valence-electron chi connectivity index (χ3n) is 2.52. The molecule has 0 aromatic rings. The van der Waals surface area contributed by atoms with Gasteiger partial charge in [0.2, 0.25) is 12.3 Å². The summed E-state index contributed by atoms with van der Waals surface area (Å²) in [4.78, 5) is 46.8. The lowest BCUT2D eigenvalue weighted by Crippen LogP contribution is -2.40. The molecule has 0 spiro atoms. The van der Waals surface area contributed by atoms with Gasteiger partial charge < -0.3 is 18.9 Å². The zero-order valence-corrected chi connectivity index (χ0v) is 11.7. The topological polar surface area (TPSA) is 118 Å². The standard InChI is InChI=1S/C12H15NO8/c1-6(15)18-4-9-10(19-7(2)16)11(20-8(3)17)12(21-9)13-5-14/h9-12H,4H2,1-3H3/t9-,10?,11?,12-/m1/s1. The van der Waals surface area contributed by atoms with Gasteiger partial charge in [-0.3, -0.25) is 14.4 Å². The maximum atomic E-state index is 11.1. The van der Waals surface area contributed by atoms with Gasteiger partial charge in [0, 0.05) is 20.8 Å². The number of rotatable bonds is 5. The van der Waals surface area contributed by atoms with Gasteiger partial charge in [-0.15, -0.1) is 0 Å². The molecule has 1 aliphatic heterocycles. The van der Waals surface area contributed by atoms with Crippen LogP contribution in [0.3, 0.4) is 0 Å². The summed E-state index contributed by atoms with van der Waals surface area (Å²) >= 11 is 0. The van der Waals surface area contributed by atoms with Crippen LogP contribution in [0.4, 0.5) is 0 Å². The average molecular weight is 301 g/mol. The molecule has 2 unspecified atom stereocenters. The molecule has 116 valence electrons. The maximum Gasteiger partial charge on any atom is 0.303 e. The molecule has 0 bridgehead atoms. The van der Waals surface area contributed by atoms with Crippen LogP contribution in [0.5, 0.6) is 0 Å². The van der Waals surface area contributed by atoms with Crippen LogP contribution in [-0.2, 0) is 38.1 Å². The predicted octanol–water partition coefficient (Wildman–Crippen LogP) is -0.526. The number of hydrogen-bond acceptors (Lipinski definition) is 9. The molecule has 1 fully saturated rings.